The Morgan fingerprint density at radius 3 is 1.44 bits per heavy atom. The van der Waals surface area contributed by atoms with Gasteiger partial charge in [-0.15, -0.1) is 0 Å². The third kappa shape index (κ3) is 7.52. The molecule has 0 atom stereocenters. The maximum Gasteiger partial charge on any atom is 0.210 e. The predicted molar refractivity (Wildman–Crippen MR) is 267 cm³/mol. The van der Waals surface area contributed by atoms with Crippen LogP contribution in [0.2, 0.25) is 0 Å². The van der Waals surface area contributed by atoms with E-state index in [-0.39, 0.29) is 10.8 Å². The predicted octanol–water partition coefficient (Wildman–Crippen LogP) is 14.2. The molecule has 2 heterocycles. The summed E-state index contributed by atoms with van der Waals surface area (Å²) < 4.78 is 2.50. The number of anilines is 1. The Balaban J connectivity index is 1.22. The summed E-state index contributed by atoms with van der Waals surface area (Å²) in [4.78, 5) is 2.70. The molecule has 2 heteroatoms. The van der Waals surface area contributed by atoms with Gasteiger partial charge in [-0.3, -0.25) is 0 Å². The van der Waals surface area contributed by atoms with E-state index < -0.39 is 0 Å². The smallest absolute Gasteiger partial charge is 0.210 e. The average Bonchev–Trinajstić information content (AvgIpc) is 3.70. The van der Waals surface area contributed by atoms with E-state index in [1.165, 1.54) is 77.7 Å². The highest BCUT2D eigenvalue weighted by Crippen LogP contribution is 2.55. The van der Waals surface area contributed by atoms with Crippen LogP contribution in [0.5, 0.6) is 0 Å². The molecule has 0 bridgehead atoms. The van der Waals surface area contributed by atoms with Gasteiger partial charge in [0.15, 0.2) is 5.71 Å². The van der Waals surface area contributed by atoms with Crippen molar-refractivity contribution in [2.45, 2.75) is 56.8 Å². The highest BCUT2D eigenvalue weighted by Gasteiger charge is 2.52. The molecule has 0 amide bonds. The normalized spacial score (nSPS) is 15.9. The fourth-order valence-corrected chi connectivity index (χ4v) is 11.1. The van der Waals surface area contributed by atoms with Gasteiger partial charge in [-0.25, -0.2) is 0 Å². The van der Waals surface area contributed by atoms with Gasteiger partial charge in [0.1, 0.15) is 7.05 Å². The SMILES string of the molecule is CC(C)CCN1C(=CC=CC2=[N+](C)c3ccc4ccccc4c3C2(Cc2ccccc2)Cc2ccccc2)C(Cc2ccccc2)(Cc2ccccc2)c2c1ccc1ccccc21. The van der Waals surface area contributed by atoms with Crippen LogP contribution in [0.1, 0.15) is 53.6 Å². The lowest BCUT2D eigenvalue weighted by atomic mass is 9.67. The van der Waals surface area contributed by atoms with Crippen molar-refractivity contribution in [2.75, 3.05) is 18.5 Å². The summed E-state index contributed by atoms with van der Waals surface area (Å²) in [5.74, 6) is 0.566. The summed E-state index contributed by atoms with van der Waals surface area (Å²) in [5, 5.41) is 5.26. The Morgan fingerprint density at radius 2 is 0.937 bits per heavy atom. The molecule has 8 aromatic rings. The van der Waals surface area contributed by atoms with Gasteiger partial charge in [0, 0.05) is 41.1 Å². The van der Waals surface area contributed by atoms with Crippen LogP contribution < -0.4 is 4.90 Å². The van der Waals surface area contributed by atoms with Gasteiger partial charge in [-0.1, -0.05) is 196 Å². The van der Waals surface area contributed by atoms with Crippen molar-refractivity contribution in [1.29, 1.82) is 0 Å². The van der Waals surface area contributed by atoms with E-state index in [9.17, 15) is 0 Å². The maximum absolute atomic E-state index is 2.70. The number of hydrogen-bond donors (Lipinski definition) is 0. The number of fused-ring (bicyclic) bond motifs is 6. The van der Waals surface area contributed by atoms with Crippen LogP contribution in [0.15, 0.2) is 218 Å². The van der Waals surface area contributed by atoms with Gasteiger partial charge >= 0.3 is 0 Å². The zero-order valence-corrected chi connectivity index (χ0v) is 36.9. The summed E-state index contributed by atoms with van der Waals surface area (Å²) in [5.41, 5.74) is 12.9. The standard InChI is InChI=1S/C61H57N2/c1-45(2)39-40-63-55-38-36-51-30-17-19-32-53(51)59(55)61(43-48-25-12-6-13-26-48,44-49-27-14-7-15-28-49)57(63)34-20-33-56-60(41-46-21-8-4-9-22-46,42-47-23-10-5-11-24-47)58-52-31-18-16-29-50(52)35-37-54(58)62(56)3/h4-38,45H,39-44H2,1-3H3/q+1. The Labute approximate surface area is 374 Å². The number of allylic oxidation sites excluding steroid dienone is 4. The van der Waals surface area contributed by atoms with Gasteiger partial charge in [0.25, 0.3) is 0 Å². The lowest BCUT2D eigenvalue weighted by Gasteiger charge is -2.35. The molecule has 2 nitrogen and oxygen atoms in total. The molecule has 0 unspecified atom stereocenters. The number of nitrogens with zero attached hydrogens (tertiary/aromatic N) is 2. The first-order chi connectivity index (χ1) is 30.9. The Hall–Kier alpha value is -6.77. The molecule has 0 saturated carbocycles. The molecule has 0 saturated heterocycles. The van der Waals surface area contributed by atoms with Crippen molar-refractivity contribution in [1.82, 2.24) is 0 Å². The van der Waals surface area contributed by atoms with E-state index in [2.05, 4.69) is 243 Å². The molecule has 2 aliphatic heterocycles. The Morgan fingerprint density at radius 1 is 0.492 bits per heavy atom. The molecule has 0 fully saturated rings. The van der Waals surface area contributed by atoms with E-state index in [0.29, 0.717) is 5.92 Å². The molecule has 0 radical (unpaired) electrons. The van der Waals surface area contributed by atoms with Gasteiger partial charge in [-0.2, -0.15) is 4.58 Å². The number of hydrogen-bond acceptors (Lipinski definition) is 1. The highest BCUT2D eigenvalue weighted by atomic mass is 15.2. The van der Waals surface area contributed by atoms with Crippen molar-refractivity contribution in [3.05, 3.63) is 251 Å². The van der Waals surface area contributed by atoms with E-state index in [1.807, 2.05) is 0 Å². The van der Waals surface area contributed by atoms with Crippen LogP contribution in [0.4, 0.5) is 11.4 Å². The van der Waals surface area contributed by atoms with E-state index >= 15 is 0 Å². The summed E-state index contributed by atoms with van der Waals surface area (Å²) >= 11 is 0. The molecular formula is C61H57N2+. The molecule has 10 rings (SSSR count). The molecule has 8 aromatic carbocycles. The first-order valence-electron chi connectivity index (χ1n) is 22.9. The Bertz CT molecular complexity index is 2890. The number of rotatable bonds is 13. The van der Waals surface area contributed by atoms with E-state index in [1.54, 1.807) is 0 Å². The minimum absolute atomic E-state index is 0.333. The molecule has 0 spiro atoms. The topological polar surface area (TPSA) is 6.25 Å². The maximum atomic E-state index is 2.70. The summed E-state index contributed by atoms with van der Waals surface area (Å²) in [7, 11) is 2.29. The first-order valence-corrected chi connectivity index (χ1v) is 22.9. The molecule has 0 N–H and O–H groups in total. The van der Waals surface area contributed by atoms with Crippen molar-refractivity contribution in [3.63, 3.8) is 0 Å². The van der Waals surface area contributed by atoms with Crippen LogP contribution in [0.25, 0.3) is 21.5 Å². The average molecular weight is 818 g/mol. The zero-order chi connectivity index (χ0) is 42.8. The third-order valence-corrected chi connectivity index (χ3v) is 13.9. The monoisotopic (exact) mass is 817 g/mol. The molecule has 0 aromatic heterocycles. The minimum atomic E-state index is -0.337. The minimum Gasteiger partial charge on any atom is -0.344 e. The second kappa shape index (κ2) is 17.2. The van der Waals surface area contributed by atoms with Crippen LogP contribution in [-0.2, 0) is 36.5 Å². The molecule has 310 valence electrons. The van der Waals surface area contributed by atoms with Crippen LogP contribution in [-0.4, -0.2) is 23.9 Å². The fraction of sp³-hybridized carbons (Fsp3) is 0.197. The van der Waals surface area contributed by atoms with Gasteiger partial charge in [-0.05, 0) is 106 Å². The third-order valence-electron chi connectivity index (χ3n) is 13.9. The van der Waals surface area contributed by atoms with E-state index in [4.69, 9.17) is 0 Å². The van der Waals surface area contributed by atoms with Gasteiger partial charge in [0.05, 0.1) is 5.41 Å². The second-order valence-electron chi connectivity index (χ2n) is 18.4. The summed E-state index contributed by atoms with van der Waals surface area (Å²) in [6, 6.07) is 72.2. The number of benzene rings is 8. The van der Waals surface area contributed by atoms with Crippen LogP contribution in [0, 0.1) is 5.92 Å². The largest absolute Gasteiger partial charge is 0.344 e. The molecule has 2 aliphatic rings. The van der Waals surface area contributed by atoms with Crippen molar-refractivity contribution in [2.24, 2.45) is 5.92 Å². The lowest BCUT2D eigenvalue weighted by molar-refractivity contribution is -0.401. The lowest BCUT2D eigenvalue weighted by Crippen LogP contribution is -2.39. The summed E-state index contributed by atoms with van der Waals surface area (Å²) in [6.07, 6.45) is 12.1. The van der Waals surface area contributed by atoms with Crippen molar-refractivity contribution >= 4 is 38.6 Å². The van der Waals surface area contributed by atoms with Gasteiger partial charge < -0.3 is 4.90 Å². The highest BCUT2D eigenvalue weighted by molar-refractivity contribution is 6.09. The van der Waals surface area contributed by atoms with E-state index in [0.717, 1.165) is 38.6 Å². The molecular weight excluding hydrogens is 761 g/mol. The summed E-state index contributed by atoms with van der Waals surface area (Å²) in [6.45, 7) is 5.66. The van der Waals surface area contributed by atoms with Crippen LogP contribution >= 0.6 is 0 Å². The Kier molecular flexibility index (Phi) is 11.0. The quantitative estimate of drug-likeness (QED) is 0.105. The van der Waals surface area contributed by atoms with Crippen molar-refractivity contribution in [3.8, 4) is 0 Å². The molecule has 0 aliphatic carbocycles. The van der Waals surface area contributed by atoms with Crippen LogP contribution in [0.3, 0.4) is 0 Å². The van der Waals surface area contributed by atoms with Crippen molar-refractivity contribution < 1.29 is 4.58 Å². The fourth-order valence-electron chi connectivity index (χ4n) is 11.1. The molecule has 63 heavy (non-hydrogen) atoms. The second-order valence-corrected chi connectivity index (χ2v) is 18.4. The first kappa shape index (κ1) is 40.3. The van der Waals surface area contributed by atoms with Gasteiger partial charge in [0.2, 0.25) is 5.69 Å². The zero-order valence-electron chi connectivity index (χ0n) is 36.9.